The number of ketones is 1. The van der Waals surface area contributed by atoms with Gasteiger partial charge in [-0.2, -0.15) is 0 Å². The Morgan fingerprint density at radius 1 is 1.11 bits per heavy atom. The SMILES string of the molecule is O=C(NC(CS(=O)(=O)Cc1ccccc1)C(=O)N1CCCC2OCC(=O)C21)c1cc2ccccc2s1. The number of piperidine rings is 1. The number of Topliss-reactive ketones (excluding diaryl/α,β-unsaturated/α-hetero) is 1. The van der Waals surface area contributed by atoms with Gasteiger partial charge in [-0.05, 0) is 35.9 Å². The van der Waals surface area contributed by atoms with E-state index in [0.717, 1.165) is 10.1 Å². The van der Waals surface area contributed by atoms with Gasteiger partial charge in [0.25, 0.3) is 5.91 Å². The summed E-state index contributed by atoms with van der Waals surface area (Å²) in [5.41, 5.74) is 0.594. The third-order valence-corrected chi connectivity index (χ3v) is 9.26. The highest BCUT2D eigenvalue weighted by Crippen LogP contribution is 2.28. The molecule has 3 unspecified atom stereocenters. The minimum Gasteiger partial charge on any atom is -0.368 e. The topological polar surface area (TPSA) is 110 Å². The zero-order chi connectivity index (χ0) is 25.3. The average Bonchev–Trinajstić information content (AvgIpc) is 3.47. The van der Waals surface area contributed by atoms with Gasteiger partial charge in [0.1, 0.15) is 18.7 Å². The maximum atomic E-state index is 13.7. The van der Waals surface area contributed by atoms with Crippen molar-refractivity contribution in [3.63, 3.8) is 0 Å². The van der Waals surface area contributed by atoms with Gasteiger partial charge in [0.05, 0.1) is 22.5 Å². The summed E-state index contributed by atoms with van der Waals surface area (Å²) in [6.45, 7) is 0.243. The van der Waals surface area contributed by atoms with Gasteiger partial charge in [-0.25, -0.2) is 8.42 Å². The molecule has 2 fully saturated rings. The fraction of sp³-hybridized carbons (Fsp3) is 0.346. The number of carbonyl (C=O) groups is 3. The summed E-state index contributed by atoms with van der Waals surface area (Å²) in [6.07, 6.45) is 0.897. The second-order valence-electron chi connectivity index (χ2n) is 9.15. The maximum absolute atomic E-state index is 13.7. The third-order valence-electron chi connectivity index (χ3n) is 6.53. The molecule has 0 bridgehead atoms. The van der Waals surface area contributed by atoms with Crippen molar-refractivity contribution in [3.05, 3.63) is 71.1 Å². The van der Waals surface area contributed by atoms with Crippen molar-refractivity contribution in [2.24, 2.45) is 0 Å². The molecule has 2 saturated heterocycles. The first kappa shape index (κ1) is 24.6. The number of benzene rings is 2. The van der Waals surface area contributed by atoms with Crippen molar-refractivity contribution in [1.82, 2.24) is 10.2 Å². The first-order chi connectivity index (χ1) is 17.3. The Morgan fingerprint density at radius 2 is 1.86 bits per heavy atom. The highest BCUT2D eigenvalue weighted by Gasteiger charge is 2.46. The lowest BCUT2D eigenvalue weighted by Crippen LogP contribution is -2.59. The molecule has 36 heavy (non-hydrogen) atoms. The van der Waals surface area contributed by atoms with Gasteiger partial charge in [0.2, 0.25) is 5.91 Å². The number of ether oxygens (including phenoxy) is 1. The number of likely N-dealkylation sites (tertiary alicyclic amines) is 1. The lowest BCUT2D eigenvalue weighted by Gasteiger charge is -2.37. The van der Waals surface area contributed by atoms with E-state index >= 15 is 0 Å². The first-order valence-corrected chi connectivity index (χ1v) is 14.4. The van der Waals surface area contributed by atoms with Gasteiger partial charge in [0, 0.05) is 11.2 Å². The number of hydrogen-bond acceptors (Lipinski definition) is 7. The van der Waals surface area contributed by atoms with E-state index in [0.29, 0.717) is 29.8 Å². The van der Waals surface area contributed by atoms with Crippen LogP contribution in [0.25, 0.3) is 10.1 Å². The number of thiophene rings is 1. The van der Waals surface area contributed by atoms with Crippen LogP contribution in [0.15, 0.2) is 60.7 Å². The molecule has 0 spiro atoms. The molecule has 1 aromatic heterocycles. The Kier molecular flexibility index (Phi) is 6.92. The predicted octanol–water partition coefficient (Wildman–Crippen LogP) is 2.57. The lowest BCUT2D eigenvalue weighted by molar-refractivity contribution is -0.142. The molecule has 2 amide bonds. The molecular weight excluding hydrogens is 500 g/mol. The Labute approximate surface area is 213 Å². The Bertz CT molecular complexity index is 1370. The second-order valence-corrected chi connectivity index (χ2v) is 12.3. The van der Waals surface area contributed by atoms with Crippen LogP contribution >= 0.6 is 11.3 Å². The normalized spacial score (nSPS) is 20.8. The van der Waals surface area contributed by atoms with Gasteiger partial charge >= 0.3 is 0 Å². The number of rotatable bonds is 7. The van der Waals surface area contributed by atoms with E-state index in [4.69, 9.17) is 4.74 Å². The van der Waals surface area contributed by atoms with Crippen LogP contribution in [0, 0.1) is 0 Å². The zero-order valence-corrected chi connectivity index (χ0v) is 21.1. The summed E-state index contributed by atoms with van der Waals surface area (Å²) < 4.78 is 32.7. The molecule has 3 aromatic rings. The second kappa shape index (κ2) is 10.1. The van der Waals surface area contributed by atoms with Gasteiger partial charge in [-0.1, -0.05) is 48.5 Å². The monoisotopic (exact) mass is 526 g/mol. The summed E-state index contributed by atoms with van der Waals surface area (Å²) in [4.78, 5) is 41.2. The molecule has 0 aliphatic carbocycles. The fourth-order valence-corrected chi connectivity index (χ4v) is 7.39. The predicted molar refractivity (Wildman–Crippen MR) is 136 cm³/mol. The minimum absolute atomic E-state index is 0.0652. The average molecular weight is 527 g/mol. The molecule has 1 N–H and O–H groups in total. The van der Waals surface area contributed by atoms with Gasteiger partial charge in [0.15, 0.2) is 15.6 Å². The summed E-state index contributed by atoms with van der Waals surface area (Å²) >= 11 is 1.27. The van der Waals surface area contributed by atoms with E-state index in [-0.39, 0.29) is 18.1 Å². The molecule has 8 nitrogen and oxygen atoms in total. The number of amides is 2. The molecule has 3 heterocycles. The quantitative estimate of drug-likeness (QED) is 0.507. The van der Waals surface area contributed by atoms with Gasteiger partial charge in [-0.15, -0.1) is 11.3 Å². The van der Waals surface area contributed by atoms with Crippen LogP contribution < -0.4 is 5.32 Å². The number of sulfone groups is 1. The number of hydrogen-bond donors (Lipinski definition) is 1. The molecule has 10 heteroatoms. The largest absolute Gasteiger partial charge is 0.368 e. The first-order valence-electron chi connectivity index (χ1n) is 11.8. The van der Waals surface area contributed by atoms with Crippen LogP contribution in [-0.4, -0.2) is 68.0 Å². The van der Waals surface area contributed by atoms with Crippen LogP contribution in [0.5, 0.6) is 0 Å². The zero-order valence-electron chi connectivity index (χ0n) is 19.5. The summed E-state index contributed by atoms with van der Waals surface area (Å²) in [6, 6.07) is 15.9. The van der Waals surface area contributed by atoms with Crippen molar-refractivity contribution in [2.75, 3.05) is 18.9 Å². The maximum Gasteiger partial charge on any atom is 0.262 e. The smallest absolute Gasteiger partial charge is 0.262 e. The van der Waals surface area contributed by atoms with Crippen LogP contribution in [0.2, 0.25) is 0 Å². The number of fused-ring (bicyclic) bond motifs is 2. The van der Waals surface area contributed by atoms with Crippen LogP contribution in [0.3, 0.4) is 0 Å². The standard InChI is InChI=1S/C26H26N2O6S2/c29-20-14-34-21-10-6-12-28(24(20)21)26(31)19(16-36(32,33)15-17-7-2-1-3-8-17)27-25(30)23-13-18-9-4-5-11-22(18)35-23/h1-5,7-9,11,13,19,21,24H,6,10,12,14-16H2,(H,27,30). The minimum atomic E-state index is -3.78. The molecule has 3 atom stereocenters. The van der Waals surface area contributed by atoms with Crippen molar-refractivity contribution in [3.8, 4) is 0 Å². The van der Waals surface area contributed by atoms with Crippen LogP contribution in [0.1, 0.15) is 28.1 Å². The summed E-state index contributed by atoms with van der Waals surface area (Å²) in [7, 11) is -3.78. The van der Waals surface area contributed by atoms with E-state index in [2.05, 4.69) is 5.32 Å². The highest BCUT2D eigenvalue weighted by atomic mass is 32.2. The number of nitrogens with one attached hydrogen (secondary N) is 1. The summed E-state index contributed by atoms with van der Waals surface area (Å²) in [5.74, 6) is -2.12. The van der Waals surface area contributed by atoms with Gasteiger partial charge < -0.3 is 15.0 Å². The van der Waals surface area contributed by atoms with E-state index in [1.807, 2.05) is 24.3 Å². The van der Waals surface area contributed by atoms with E-state index in [1.165, 1.54) is 16.2 Å². The molecule has 2 aliphatic heterocycles. The molecule has 2 aliphatic rings. The third kappa shape index (κ3) is 5.21. The Balaban J connectivity index is 1.41. The number of carbonyl (C=O) groups excluding carboxylic acids is 3. The van der Waals surface area contributed by atoms with Crippen molar-refractivity contribution in [1.29, 1.82) is 0 Å². The highest BCUT2D eigenvalue weighted by molar-refractivity contribution is 7.90. The molecule has 0 radical (unpaired) electrons. The van der Waals surface area contributed by atoms with E-state index < -0.39 is 45.6 Å². The Hall–Kier alpha value is -3.08. The molecule has 2 aromatic carbocycles. The molecule has 0 saturated carbocycles. The van der Waals surface area contributed by atoms with Crippen LogP contribution in [-0.2, 0) is 29.9 Å². The van der Waals surface area contributed by atoms with Crippen LogP contribution in [0.4, 0.5) is 0 Å². The Morgan fingerprint density at radius 3 is 2.64 bits per heavy atom. The lowest BCUT2D eigenvalue weighted by atomic mass is 9.97. The molecule has 5 rings (SSSR count). The molecular formula is C26H26N2O6S2. The molecule has 188 valence electrons. The van der Waals surface area contributed by atoms with Crippen molar-refractivity contribution < 1.29 is 27.5 Å². The van der Waals surface area contributed by atoms with E-state index in [9.17, 15) is 22.8 Å². The van der Waals surface area contributed by atoms with Crippen molar-refractivity contribution >= 4 is 48.9 Å². The van der Waals surface area contributed by atoms with Crippen molar-refractivity contribution in [2.45, 2.75) is 36.8 Å². The summed E-state index contributed by atoms with van der Waals surface area (Å²) in [5, 5.41) is 3.57. The van der Waals surface area contributed by atoms with Gasteiger partial charge in [-0.3, -0.25) is 14.4 Å². The van der Waals surface area contributed by atoms with E-state index in [1.54, 1.807) is 36.4 Å². The fourth-order valence-electron chi connectivity index (χ4n) is 4.88. The number of nitrogens with zero attached hydrogens (tertiary/aromatic N) is 1.